The van der Waals surface area contributed by atoms with Crippen LogP contribution in [-0.2, 0) is 0 Å². The van der Waals surface area contributed by atoms with Gasteiger partial charge in [0.15, 0.2) is 0 Å². The quantitative estimate of drug-likeness (QED) is 0.520. The number of hydrogen-bond donors (Lipinski definition) is 0. The summed E-state index contributed by atoms with van der Waals surface area (Å²) in [5.74, 6) is 0.912. The Morgan fingerprint density at radius 1 is 1.14 bits per heavy atom. The summed E-state index contributed by atoms with van der Waals surface area (Å²) in [5, 5.41) is 9.58. The van der Waals surface area contributed by atoms with Crippen molar-refractivity contribution in [3.05, 3.63) is 22.9 Å². The van der Waals surface area contributed by atoms with Crippen LogP contribution >= 0.6 is 0 Å². The lowest BCUT2D eigenvalue weighted by atomic mass is 10.0. The van der Waals surface area contributed by atoms with E-state index in [9.17, 15) is 5.26 Å². The molecule has 0 aliphatic carbocycles. The van der Waals surface area contributed by atoms with Crippen molar-refractivity contribution in [3.63, 3.8) is 0 Å². The van der Waals surface area contributed by atoms with E-state index >= 15 is 0 Å². The Bertz CT molecular complexity index is 618. The second-order valence-electron chi connectivity index (χ2n) is 8.82. The van der Waals surface area contributed by atoms with E-state index in [2.05, 4.69) is 51.3 Å². The van der Waals surface area contributed by atoms with Crippen molar-refractivity contribution in [2.24, 2.45) is 0 Å². The van der Waals surface area contributed by atoms with Crippen molar-refractivity contribution >= 4 is 0 Å². The Labute approximate surface area is 171 Å². The van der Waals surface area contributed by atoms with E-state index in [1.54, 1.807) is 0 Å². The second kappa shape index (κ2) is 9.63. The minimum Gasteiger partial charge on any atom is -0.365 e. The molecule has 0 aromatic rings. The number of hydrogen-bond acceptors (Lipinski definition) is 5. The predicted molar refractivity (Wildman–Crippen MR) is 112 cm³/mol. The van der Waals surface area contributed by atoms with Crippen molar-refractivity contribution in [2.75, 3.05) is 45.8 Å². The van der Waals surface area contributed by atoms with E-state index in [1.807, 2.05) is 0 Å². The zero-order chi connectivity index (χ0) is 20.1. The van der Waals surface area contributed by atoms with Crippen LogP contribution in [0.15, 0.2) is 11.5 Å². The third-order valence-corrected chi connectivity index (χ3v) is 6.85. The lowest BCUT2D eigenvalue weighted by Crippen LogP contribution is -2.46. The van der Waals surface area contributed by atoms with Crippen LogP contribution in [-0.4, -0.2) is 83.5 Å². The second-order valence-corrected chi connectivity index (χ2v) is 8.82. The Hall–Kier alpha value is -1.76. The SMILES string of the molecule is [C-]#[N+]/C(C#N)=C1\N(CCCN2CCCC2C)CCN1C1CCN(C(C)C)CC1. The monoisotopic (exact) mass is 384 g/mol. The van der Waals surface area contributed by atoms with Gasteiger partial charge >= 0.3 is 5.70 Å². The number of nitriles is 1. The van der Waals surface area contributed by atoms with Crippen molar-refractivity contribution in [1.29, 1.82) is 5.26 Å². The molecule has 6 nitrogen and oxygen atoms in total. The largest absolute Gasteiger partial charge is 0.365 e. The van der Waals surface area contributed by atoms with E-state index in [0.717, 1.165) is 64.4 Å². The minimum absolute atomic E-state index is 0.276. The van der Waals surface area contributed by atoms with Crippen LogP contribution in [0, 0.1) is 17.9 Å². The Morgan fingerprint density at radius 2 is 1.89 bits per heavy atom. The maximum atomic E-state index is 9.58. The fourth-order valence-corrected chi connectivity index (χ4v) is 5.11. The van der Waals surface area contributed by atoms with E-state index in [-0.39, 0.29) is 5.70 Å². The number of rotatable bonds is 6. The lowest BCUT2D eigenvalue weighted by molar-refractivity contribution is 0.116. The van der Waals surface area contributed by atoms with E-state index in [0.29, 0.717) is 18.1 Å². The van der Waals surface area contributed by atoms with Crippen LogP contribution < -0.4 is 0 Å². The highest BCUT2D eigenvalue weighted by atomic mass is 15.4. The highest BCUT2D eigenvalue weighted by Gasteiger charge is 2.35. The van der Waals surface area contributed by atoms with Gasteiger partial charge in [-0.2, -0.15) is 0 Å². The van der Waals surface area contributed by atoms with Crippen LogP contribution in [0.4, 0.5) is 0 Å². The first kappa shape index (κ1) is 21.0. The van der Waals surface area contributed by atoms with Gasteiger partial charge in [-0.05, 0) is 59.4 Å². The first-order valence-electron chi connectivity index (χ1n) is 11.1. The molecule has 0 N–H and O–H groups in total. The van der Waals surface area contributed by atoms with Gasteiger partial charge in [0.2, 0.25) is 0 Å². The van der Waals surface area contributed by atoms with Gasteiger partial charge in [0.1, 0.15) is 5.82 Å². The molecular weight excluding hydrogens is 348 g/mol. The minimum atomic E-state index is 0.276. The molecule has 1 atom stereocenters. The molecule has 3 aliphatic heterocycles. The molecule has 0 radical (unpaired) electrons. The van der Waals surface area contributed by atoms with Crippen molar-refractivity contribution < 1.29 is 0 Å². The first-order valence-corrected chi connectivity index (χ1v) is 11.1. The summed E-state index contributed by atoms with van der Waals surface area (Å²) >= 11 is 0. The number of allylic oxidation sites excluding steroid dienone is 1. The number of nitrogens with zero attached hydrogens (tertiary/aromatic N) is 6. The molecule has 0 saturated carbocycles. The Kier molecular flexibility index (Phi) is 7.21. The molecule has 0 aromatic carbocycles. The maximum Gasteiger partial charge on any atom is 0.300 e. The summed E-state index contributed by atoms with van der Waals surface area (Å²) in [6.45, 7) is 21.8. The molecule has 6 heteroatoms. The first-order chi connectivity index (χ1) is 13.5. The molecule has 1 unspecified atom stereocenters. The molecule has 154 valence electrons. The zero-order valence-electron chi connectivity index (χ0n) is 17.9. The Balaban J connectivity index is 1.63. The third kappa shape index (κ3) is 4.62. The average Bonchev–Trinajstić information content (AvgIpc) is 3.30. The van der Waals surface area contributed by atoms with Crippen molar-refractivity contribution in [3.8, 4) is 6.07 Å². The van der Waals surface area contributed by atoms with Gasteiger partial charge in [-0.3, -0.25) is 0 Å². The van der Waals surface area contributed by atoms with Crippen molar-refractivity contribution in [1.82, 2.24) is 19.6 Å². The summed E-state index contributed by atoms with van der Waals surface area (Å²) < 4.78 is 0. The highest BCUT2D eigenvalue weighted by molar-refractivity contribution is 5.34. The zero-order valence-corrected chi connectivity index (χ0v) is 17.9. The van der Waals surface area contributed by atoms with Gasteiger partial charge in [0.25, 0.3) is 0 Å². The van der Waals surface area contributed by atoms with Crippen LogP contribution in [0.1, 0.15) is 52.9 Å². The molecule has 3 heterocycles. The standard InChI is InChI=1S/C22H36N6/c1-18(2)25-13-8-20(9-14-25)28-16-15-27(22(28)21(17-23)24-4)12-6-11-26-10-5-7-19(26)3/h18-20H,5-16H2,1-3H3/b22-21+. The maximum absolute atomic E-state index is 9.58. The molecule has 3 saturated heterocycles. The van der Waals surface area contributed by atoms with E-state index in [4.69, 9.17) is 6.57 Å². The molecule has 0 bridgehead atoms. The van der Waals surface area contributed by atoms with Gasteiger partial charge in [0.05, 0.1) is 12.6 Å². The van der Waals surface area contributed by atoms with Crippen molar-refractivity contribution in [2.45, 2.75) is 71.0 Å². The van der Waals surface area contributed by atoms with E-state index in [1.165, 1.54) is 19.4 Å². The van der Waals surface area contributed by atoms with Gasteiger partial charge in [-0.1, -0.05) is 0 Å². The van der Waals surface area contributed by atoms with Crippen LogP contribution in [0.2, 0.25) is 0 Å². The third-order valence-electron chi connectivity index (χ3n) is 6.85. The summed E-state index contributed by atoms with van der Waals surface area (Å²) in [7, 11) is 0. The summed E-state index contributed by atoms with van der Waals surface area (Å²) in [5.41, 5.74) is 0.276. The number of piperidine rings is 1. The molecule has 0 amide bonds. The summed E-state index contributed by atoms with van der Waals surface area (Å²) in [4.78, 5) is 13.4. The van der Waals surface area contributed by atoms with E-state index < -0.39 is 0 Å². The van der Waals surface area contributed by atoms with Gasteiger partial charge in [0, 0.05) is 57.4 Å². The normalized spacial score (nSPS) is 26.7. The van der Waals surface area contributed by atoms with Crippen LogP contribution in [0.3, 0.4) is 0 Å². The van der Waals surface area contributed by atoms with Crippen LogP contribution in [0.5, 0.6) is 0 Å². The fourth-order valence-electron chi connectivity index (χ4n) is 5.11. The Morgan fingerprint density at radius 3 is 2.46 bits per heavy atom. The molecule has 3 rings (SSSR count). The lowest BCUT2D eigenvalue weighted by Gasteiger charge is -2.40. The fraction of sp³-hybridized carbons (Fsp3) is 0.818. The number of likely N-dealkylation sites (tertiary alicyclic amines) is 2. The smallest absolute Gasteiger partial charge is 0.300 e. The van der Waals surface area contributed by atoms with Gasteiger partial charge in [-0.25, -0.2) is 10.1 Å². The highest BCUT2D eigenvalue weighted by Crippen LogP contribution is 2.30. The van der Waals surface area contributed by atoms with Gasteiger partial charge in [-0.15, -0.1) is 0 Å². The molecule has 3 fully saturated rings. The molecule has 0 aromatic heterocycles. The van der Waals surface area contributed by atoms with Crippen LogP contribution in [0.25, 0.3) is 4.85 Å². The molecule has 3 aliphatic rings. The summed E-state index contributed by atoms with van der Waals surface area (Å²) in [6.07, 6.45) is 5.97. The average molecular weight is 385 g/mol. The van der Waals surface area contributed by atoms with Gasteiger partial charge < -0.3 is 19.6 Å². The topological polar surface area (TPSA) is 41.1 Å². The summed E-state index contributed by atoms with van der Waals surface area (Å²) in [6, 6.07) is 3.93. The molecule has 0 spiro atoms. The molecule has 28 heavy (non-hydrogen) atoms. The predicted octanol–water partition coefficient (Wildman–Crippen LogP) is 2.96. The molecular formula is C22H36N6.